The number of amides is 2. The molecule has 2 atom stereocenters. The number of rotatable bonds is 1. The summed E-state index contributed by atoms with van der Waals surface area (Å²) in [5.41, 5.74) is 6.97. The second-order valence-corrected chi connectivity index (χ2v) is 6.66. The van der Waals surface area contributed by atoms with Crippen LogP contribution in [0.1, 0.15) is 29.6 Å². The molecule has 2 amide bonds. The maximum absolute atomic E-state index is 12.6. The first kappa shape index (κ1) is 14.4. The summed E-state index contributed by atoms with van der Waals surface area (Å²) in [6, 6.07) is 5.56. The fraction of sp³-hybridized carbons (Fsp3) is 0.467. The van der Waals surface area contributed by atoms with E-state index < -0.39 is 0 Å². The lowest BCUT2D eigenvalue weighted by Gasteiger charge is -2.41. The molecule has 0 aromatic heterocycles. The predicted molar refractivity (Wildman–Crippen MR) is 83.7 cm³/mol. The number of nitrogens with zero attached hydrogens (tertiary/aromatic N) is 1. The number of piperidine rings is 2. The summed E-state index contributed by atoms with van der Waals surface area (Å²) in [7, 11) is 0. The molecule has 0 aliphatic carbocycles. The maximum Gasteiger partial charge on any atom is 0.255 e. The highest BCUT2D eigenvalue weighted by molar-refractivity contribution is 9.10. The van der Waals surface area contributed by atoms with Crippen LogP contribution in [0.15, 0.2) is 22.7 Å². The summed E-state index contributed by atoms with van der Waals surface area (Å²) in [6.45, 7) is 1.35. The van der Waals surface area contributed by atoms with E-state index in [1.807, 2.05) is 11.0 Å². The SMILES string of the molecule is Nc1ccc(Br)cc1C(=O)N1CCC2NC(=O)CCC2C1. The lowest BCUT2D eigenvalue weighted by Crippen LogP contribution is -2.55. The second-order valence-electron chi connectivity index (χ2n) is 5.74. The molecule has 0 saturated carbocycles. The zero-order valence-corrected chi connectivity index (χ0v) is 13.2. The van der Waals surface area contributed by atoms with Crippen molar-refractivity contribution in [1.82, 2.24) is 10.2 Å². The van der Waals surface area contributed by atoms with E-state index in [1.54, 1.807) is 12.1 Å². The van der Waals surface area contributed by atoms with Gasteiger partial charge in [0.2, 0.25) is 5.91 Å². The Morgan fingerprint density at radius 1 is 1.38 bits per heavy atom. The Hall–Kier alpha value is -1.56. The van der Waals surface area contributed by atoms with Crippen LogP contribution in [-0.4, -0.2) is 35.8 Å². The van der Waals surface area contributed by atoms with Gasteiger partial charge in [0.05, 0.1) is 5.56 Å². The molecule has 2 fully saturated rings. The topological polar surface area (TPSA) is 75.4 Å². The van der Waals surface area contributed by atoms with Crippen LogP contribution in [0.3, 0.4) is 0 Å². The van der Waals surface area contributed by atoms with Crippen molar-refractivity contribution in [2.75, 3.05) is 18.8 Å². The maximum atomic E-state index is 12.6. The standard InChI is InChI=1S/C15H18BrN3O2/c16-10-2-3-12(17)11(7-10)15(21)19-6-5-13-9(8-19)1-4-14(20)18-13/h2-3,7,9,13H,1,4-6,8,17H2,(H,18,20). The van der Waals surface area contributed by atoms with Crippen LogP contribution in [-0.2, 0) is 4.79 Å². The number of benzene rings is 1. The number of hydrogen-bond acceptors (Lipinski definition) is 3. The summed E-state index contributed by atoms with van der Waals surface area (Å²) >= 11 is 3.38. The van der Waals surface area contributed by atoms with Crippen molar-refractivity contribution in [3.63, 3.8) is 0 Å². The molecule has 2 aliphatic rings. The van der Waals surface area contributed by atoms with Crippen LogP contribution in [0.4, 0.5) is 5.69 Å². The van der Waals surface area contributed by atoms with Crippen molar-refractivity contribution in [1.29, 1.82) is 0 Å². The lowest BCUT2D eigenvalue weighted by molar-refractivity contribution is -0.125. The minimum Gasteiger partial charge on any atom is -0.398 e. The number of carbonyl (C=O) groups is 2. The quantitative estimate of drug-likeness (QED) is 0.757. The average Bonchev–Trinajstić information content (AvgIpc) is 2.48. The molecule has 0 radical (unpaired) electrons. The first-order chi connectivity index (χ1) is 10.0. The number of nitrogen functional groups attached to an aromatic ring is 1. The number of carbonyl (C=O) groups excluding carboxylic acids is 2. The molecule has 1 aromatic carbocycles. The van der Waals surface area contributed by atoms with Crippen molar-refractivity contribution < 1.29 is 9.59 Å². The van der Waals surface area contributed by atoms with Crippen LogP contribution < -0.4 is 11.1 Å². The van der Waals surface area contributed by atoms with Gasteiger partial charge in [-0.2, -0.15) is 0 Å². The van der Waals surface area contributed by atoms with E-state index in [2.05, 4.69) is 21.2 Å². The van der Waals surface area contributed by atoms with Crippen molar-refractivity contribution in [2.24, 2.45) is 5.92 Å². The molecular formula is C15H18BrN3O2. The van der Waals surface area contributed by atoms with Gasteiger partial charge in [0, 0.05) is 35.7 Å². The molecule has 3 rings (SSSR count). The Kier molecular flexibility index (Phi) is 3.89. The molecule has 1 aromatic rings. The lowest BCUT2D eigenvalue weighted by atomic mass is 9.85. The predicted octanol–water partition coefficient (Wildman–Crippen LogP) is 1.77. The number of fused-ring (bicyclic) bond motifs is 1. The third kappa shape index (κ3) is 2.90. The van der Waals surface area contributed by atoms with Gasteiger partial charge in [0.15, 0.2) is 0 Å². The molecule has 0 bridgehead atoms. The van der Waals surface area contributed by atoms with Gasteiger partial charge in [-0.15, -0.1) is 0 Å². The first-order valence-corrected chi connectivity index (χ1v) is 7.97. The zero-order valence-electron chi connectivity index (χ0n) is 11.6. The summed E-state index contributed by atoms with van der Waals surface area (Å²) in [6.07, 6.45) is 2.23. The van der Waals surface area contributed by atoms with Crippen LogP contribution in [0.25, 0.3) is 0 Å². The van der Waals surface area contributed by atoms with Crippen molar-refractivity contribution in [3.8, 4) is 0 Å². The minimum atomic E-state index is -0.0239. The number of halogens is 1. The Labute approximate surface area is 132 Å². The number of likely N-dealkylation sites (tertiary alicyclic amines) is 1. The van der Waals surface area contributed by atoms with Crippen molar-refractivity contribution in [3.05, 3.63) is 28.2 Å². The zero-order chi connectivity index (χ0) is 15.0. The third-order valence-electron chi connectivity index (χ3n) is 4.36. The molecule has 2 aliphatic heterocycles. The van der Waals surface area contributed by atoms with Gasteiger partial charge in [0.25, 0.3) is 5.91 Å². The van der Waals surface area contributed by atoms with E-state index in [1.165, 1.54) is 0 Å². The number of hydrogen-bond donors (Lipinski definition) is 2. The van der Waals surface area contributed by atoms with Gasteiger partial charge in [-0.3, -0.25) is 9.59 Å². The largest absolute Gasteiger partial charge is 0.398 e. The van der Waals surface area contributed by atoms with E-state index in [4.69, 9.17) is 5.73 Å². The number of anilines is 1. The highest BCUT2D eigenvalue weighted by Crippen LogP contribution is 2.28. The number of nitrogens with one attached hydrogen (secondary N) is 1. The smallest absolute Gasteiger partial charge is 0.255 e. The summed E-state index contributed by atoms with van der Waals surface area (Å²) in [5, 5.41) is 3.03. The van der Waals surface area contributed by atoms with Gasteiger partial charge >= 0.3 is 0 Å². The molecule has 2 heterocycles. The molecular weight excluding hydrogens is 334 g/mol. The fourth-order valence-electron chi connectivity index (χ4n) is 3.18. The van der Waals surface area contributed by atoms with Gasteiger partial charge < -0.3 is 16.0 Å². The Morgan fingerprint density at radius 2 is 2.19 bits per heavy atom. The average molecular weight is 352 g/mol. The van der Waals surface area contributed by atoms with Gasteiger partial charge in [-0.1, -0.05) is 15.9 Å². The molecule has 2 unspecified atom stereocenters. The Morgan fingerprint density at radius 3 is 3.00 bits per heavy atom. The summed E-state index contributed by atoms with van der Waals surface area (Å²) in [5.74, 6) is 0.463. The van der Waals surface area contributed by atoms with E-state index in [0.717, 1.165) is 17.3 Å². The third-order valence-corrected chi connectivity index (χ3v) is 4.85. The first-order valence-electron chi connectivity index (χ1n) is 7.18. The highest BCUT2D eigenvalue weighted by Gasteiger charge is 2.35. The molecule has 6 heteroatoms. The van der Waals surface area contributed by atoms with Crippen LogP contribution in [0.2, 0.25) is 0 Å². The van der Waals surface area contributed by atoms with E-state index >= 15 is 0 Å². The van der Waals surface area contributed by atoms with Crippen LogP contribution in [0, 0.1) is 5.92 Å². The monoisotopic (exact) mass is 351 g/mol. The minimum absolute atomic E-state index is 0.0239. The van der Waals surface area contributed by atoms with E-state index in [9.17, 15) is 9.59 Å². The molecule has 112 valence electrons. The number of nitrogens with two attached hydrogens (primary N) is 1. The summed E-state index contributed by atoms with van der Waals surface area (Å²) < 4.78 is 0.847. The molecule has 3 N–H and O–H groups in total. The van der Waals surface area contributed by atoms with Crippen LogP contribution >= 0.6 is 15.9 Å². The van der Waals surface area contributed by atoms with E-state index in [0.29, 0.717) is 36.7 Å². The van der Waals surface area contributed by atoms with Crippen LogP contribution in [0.5, 0.6) is 0 Å². The van der Waals surface area contributed by atoms with Gasteiger partial charge in [-0.25, -0.2) is 0 Å². The van der Waals surface area contributed by atoms with Crippen molar-refractivity contribution in [2.45, 2.75) is 25.3 Å². The molecule has 21 heavy (non-hydrogen) atoms. The molecule has 2 saturated heterocycles. The molecule has 5 nitrogen and oxygen atoms in total. The van der Waals surface area contributed by atoms with Gasteiger partial charge in [-0.05, 0) is 37.0 Å². The fourth-order valence-corrected chi connectivity index (χ4v) is 3.54. The summed E-state index contributed by atoms with van der Waals surface area (Å²) in [4.78, 5) is 25.9. The van der Waals surface area contributed by atoms with Gasteiger partial charge in [0.1, 0.15) is 0 Å². The molecule has 0 spiro atoms. The Bertz CT molecular complexity index is 590. The highest BCUT2D eigenvalue weighted by atomic mass is 79.9. The second kappa shape index (κ2) is 5.67. The van der Waals surface area contributed by atoms with Crippen molar-refractivity contribution >= 4 is 33.4 Å². The van der Waals surface area contributed by atoms with E-state index in [-0.39, 0.29) is 17.9 Å². The Balaban J connectivity index is 1.74. The normalized spacial score (nSPS) is 25.2.